The third-order valence-electron chi connectivity index (χ3n) is 4.31. The van der Waals surface area contributed by atoms with E-state index in [-0.39, 0.29) is 17.4 Å². The Bertz CT molecular complexity index is 844. The standard InChI is InChI=1S/C19H22ClN3O5/c1-10(13-5-6-15(20)22-9-13)12(3)28-19(26)11(2)23-18(25)16-17(24)14(27-4)7-8-21-16/h5-12,24H,1-4H3,(H,23,25). The van der Waals surface area contributed by atoms with Crippen LogP contribution in [0.1, 0.15) is 42.7 Å². The predicted octanol–water partition coefficient (Wildman–Crippen LogP) is 2.70. The maximum Gasteiger partial charge on any atom is 0.328 e. The highest BCUT2D eigenvalue weighted by molar-refractivity contribution is 6.29. The normalized spacial score (nSPS) is 13.9. The van der Waals surface area contributed by atoms with Crippen LogP contribution in [0.15, 0.2) is 30.6 Å². The number of amides is 1. The van der Waals surface area contributed by atoms with Crippen molar-refractivity contribution in [3.05, 3.63) is 47.0 Å². The van der Waals surface area contributed by atoms with Crippen LogP contribution >= 0.6 is 11.6 Å². The minimum atomic E-state index is -0.946. The topological polar surface area (TPSA) is 111 Å². The van der Waals surface area contributed by atoms with Crippen molar-refractivity contribution in [1.29, 1.82) is 0 Å². The van der Waals surface area contributed by atoms with Crippen LogP contribution in [0.2, 0.25) is 5.15 Å². The van der Waals surface area contributed by atoms with Crippen molar-refractivity contribution in [2.75, 3.05) is 7.11 Å². The van der Waals surface area contributed by atoms with Gasteiger partial charge in [0.2, 0.25) is 0 Å². The molecule has 2 N–H and O–H groups in total. The number of methoxy groups -OCH3 is 1. The Kier molecular flexibility index (Phi) is 7.17. The third-order valence-corrected chi connectivity index (χ3v) is 4.53. The molecule has 0 aromatic carbocycles. The lowest BCUT2D eigenvalue weighted by atomic mass is 9.98. The van der Waals surface area contributed by atoms with E-state index in [4.69, 9.17) is 21.1 Å². The Morgan fingerprint density at radius 3 is 2.50 bits per heavy atom. The van der Waals surface area contributed by atoms with Crippen molar-refractivity contribution in [2.45, 2.75) is 38.8 Å². The molecule has 150 valence electrons. The number of aromatic nitrogens is 2. The molecule has 2 heterocycles. The largest absolute Gasteiger partial charge is 0.503 e. The summed E-state index contributed by atoms with van der Waals surface area (Å²) >= 11 is 5.78. The molecule has 1 amide bonds. The maximum absolute atomic E-state index is 12.3. The van der Waals surface area contributed by atoms with Gasteiger partial charge in [0.15, 0.2) is 17.2 Å². The fourth-order valence-electron chi connectivity index (χ4n) is 2.41. The number of nitrogens with zero attached hydrogens (tertiary/aromatic N) is 2. The average molecular weight is 408 g/mol. The van der Waals surface area contributed by atoms with E-state index in [2.05, 4.69) is 15.3 Å². The number of carbonyl (C=O) groups is 2. The van der Waals surface area contributed by atoms with Crippen LogP contribution in [0.25, 0.3) is 0 Å². The van der Waals surface area contributed by atoms with Gasteiger partial charge in [0.25, 0.3) is 5.91 Å². The van der Waals surface area contributed by atoms with Crippen molar-refractivity contribution in [3.63, 3.8) is 0 Å². The quantitative estimate of drug-likeness (QED) is 0.536. The molecule has 0 bridgehead atoms. The van der Waals surface area contributed by atoms with E-state index in [1.54, 1.807) is 19.2 Å². The van der Waals surface area contributed by atoms with Crippen molar-refractivity contribution in [1.82, 2.24) is 15.3 Å². The second-order valence-electron chi connectivity index (χ2n) is 6.25. The molecule has 28 heavy (non-hydrogen) atoms. The number of nitrogens with one attached hydrogen (secondary N) is 1. The minimum absolute atomic E-state index is 0.106. The van der Waals surface area contributed by atoms with Gasteiger partial charge in [-0.1, -0.05) is 24.6 Å². The molecular formula is C19H22ClN3O5. The zero-order chi connectivity index (χ0) is 20.8. The van der Waals surface area contributed by atoms with E-state index >= 15 is 0 Å². The second-order valence-corrected chi connectivity index (χ2v) is 6.64. The molecule has 2 aromatic rings. The summed E-state index contributed by atoms with van der Waals surface area (Å²) in [5, 5.41) is 12.8. The third kappa shape index (κ3) is 5.10. The Morgan fingerprint density at radius 2 is 1.89 bits per heavy atom. The molecule has 8 nitrogen and oxygen atoms in total. The first-order valence-electron chi connectivity index (χ1n) is 8.59. The Hall–Kier alpha value is -2.87. The smallest absolute Gasteiger partial charge is 0.328 e. The molecule has 0 radical (unpaired) electrons. The molecule has 9 heteroatoms. The Morgan fingerprint density at radius 1 is 1.18 bits per heavy atom. The lowest BCUT2D eigenvalue weighted by Crippen LogP contribution is -2.41. The summed E-state index contributed by atoms with van der Waals surface area (Å²) < 4.78 is 10.4. The first-order chi connectivity index (χ1) is 13.2. The van der Waals surface area contributed by atoms with Crippen LogP contribution in [0.5, 0.6) is 11.5 Å². The van der Waals surface area contributed by atoms with E-state index in [9.17, 15) is 14.7 Å². The van der Waals surface area contributed by atoms with Crippen molar-refractivity contribution in [3.8, 4) is 11.5 Å². The monoisotopic (exact) mass is 407 g/mol. The molecule has 3 unspecified atom stereocenters. The molecule has 0 spiro atoms. The predicted molar refractivity (Wildman–Crippen MR) is 103 cm³/mol. The van der Waals surface area contributed by atoms with Crippen LogP contribution in [0.3, 0.4) is 0 Å². The van der Waals surface area contributed by atoms with E-state index in [1.165, 1.54) is 26.3 Å². The van der Waals surface area contributed by atoms with Gasteiger partial charge in [-0.15, -0.1) is 0 Å². The summed E-state index contributed by atoms with van der Waals surface area (Å²) in [7, 11) is 1.36. The number of esters is 1. The summed E-state index contributed by atoms with van der Waals surface area (Å²) in [5.41, 5.74) is 0.625. The number of hydrogen-bond donors (Lipinski definition) is 2. The van der Waals surface area contributed by atoms with Crippen molar-refractivity contribution in [2.24, 2.45) is 0 Å². The number of aromatic hydroxyl groups is 1. The second kappa shape index (κ2) is 9.36. The van der Waals surface area contributed by atoms with E-state index in [1.807, 2.05) is 13.0 Å². The number of pyridine rings is 2. The Labute approximate surface area is 167 Å². The SMILES string of the molecule is COc1ccnc(C(=O)NC(C)C(=O)OC(C)C(C)c2ccc(Cl)nc2)c1O. The molecule has 0 saturated carbocycles. The van der Waals surface area contributed by atoms with Gasteiger partial charge in [0.1, 0.15) is 17.3 Å². The van der Waals surface area contributed by atoms with E-state index in [0.717, 1.165) is 5.56 Å². The first-order valence-corrected chi connectivity index (χ1v) is 8.97. The number of rotatable bonds is 7. The van der Waals surface area contributed by atoms with Gasteiger partial charge < -0.3 is 19.9 Å². The lowest BCUT2D eigenvalue weighted by Gasteiger charge is -2.23. The average Bonchev–Trinajstić information content (AvgIpc) is 2.67. The van der Waals surface area contributed by atoms with Gasteiger partial charge in [0, 0.05) is 24.4 Å². The number of ether oxygens (including phenoxy) is 2. The summed E-state index contributed by atoms with van der Waals surface area (Å²) in [6, 6.07) is 3.95. The van der Waals surface area contributed by atoms with Crippen molar-refractivity contribution >= 4 is 23.5 Å². The highest BCUT2D eigenvalue weighted by Gasteiger charge is 2.25. The van der Waals surface area contributed by atoms with Gasteiger partial charge in [-0.3, -0.25) is 4.79 Å². The maximum atomic E-state index is 12.3. The van der Waals surface area contributed by atoms with Crippen LogP contribution in [-0.4, -0.2) is 46.2 Å². The first kappa shape index (κ1) is 21.4. The molecule has 3 atom stereocenters. The van der Waals surface area contributed by atoms with Crippen LogP contribution < -0.4 is 10.1 Å². The van der Waals surface area contributed by atoms with Crippen LogP contribution in [0, 0.1) is 0 Å². The van der Waals surface area contributed by atoms with Crippen LogP contribution in [-0.2, 0) is 9.53 Å². The molecule has 0 fully saturated rings. The minimum Gasteiger partial charge on any atom is -0.503 e. The Balaban J connectivity index is 1.98. The summed E-state index contributed by atoms with van der Waals surface area (Å²) in [6.07, 6.45) is 2.48. The highest BCUT2D eigenvalue weighted by atomic mass is 35.5. The summed E-state index contributed by atoms with van der Waals surface area (Å²) in [4.78, 5) is 32.5. The molecule has 0 saturated heterocycles. The molecule has 2 aromatic heterocycles. The fourth-order valence-corrected chi connectivity index (χ4v) is 2.52. The number of halogens is 1. The van der Waals surface area contributed by atoms with Gasteiger partial charge in [0.05, 0.1) is 7.11 Å². The van der Waals surface area contributed by atoms with Crippen molar-refractivity contribution < 1.29 is 24.2 Å². The van der Waals surface area contributed by atoms with Gasteiger partial charge in [-0.25, -0.2) is 14.8 Å². The molecular weight excluding hydrogens is 386 g/mol. The zero-order valence-corrected chi connectivity index (χ0v) is 16.7. The molecule has 0 aliphatic heterocycles. The van der Waals surface area contributed by atoms with E-state index < -0.39 is 29.8 Å². The fraction of sp³-hybridized carbons (Fsp3) is 0.368. The molecule has 0 aliphatic carbocycles. The lowest BCUT2D eigenvalue weighted by molar-refractivity contribution is -0.151. The summed E-state index contributed by atoms with van der Waals surface area (Å²) in [5.74, 6) is -1.75. The van der Waals surface area contributed by atoms with Gasteiger partial charge in [-0.05, 0) is 25.5 Å². The molecule has 0 aliphatic rings. The molecule has 2 rings (SSSR count). The summed E-state index contributed by atoms with van der Waals surface area (Å²) in [6.45, 7) is 5.13. The van der Waals surface area contributed by atoms with Crippen LogP contribution in [0.4, 0.5) is 0 Å². The van der Waals surface area contributed by atoms with Gasteiger partial charge >= 0.3 is 5.97 Å². The van der Waals surface area contributed by atoms with E-state index in [0.29, 0.717) is 5.15 Å². The highest BCUT2D eigenvalue weighted by Crippen LogP contribution is 2.27. The number of carbonyl (C=O) groups excluding carboxylic acids is 2. The van der Waals surface area contributed by atoms with Gasteiger partial charge in [-0.2, -0.15) is 0 Å². The zero-order valence-electron chi connectivity index (χ0n) is 16.0. The number of hydrogen-bond acceptors (Lipinski definition) is 7.